The third kappa shape index (κ3) is 4.37. The summed E-state index contributed by atoms with van der Waals surface area (Å²) in [4.78, 5) is 11.3. The highest BCUT2D eigenvalue weighted by atomic mass is 32.2. The monoisotopic (exact) mass is 292 g/mol. The van der Waals surface area contributed by atoms with Crippen molar-refractivity contribution in [3.05, 3.63) is 22.4 Å². The van der Waals surface area contributed by atoms with Crippen molar-refractivity contribution in [1.82, 2.24) is 9.03 Å². The van der Waals surface area contributed by atoms with Crippen LogP contribution >= 0.6 is 11.3 Å². The summed E-state index contributed by atoms with van der Waals surface area (Å²) >= 11 is 1.46. The van der Waals surface area contributed by atoms with Crippen molar-refractivity contribution in [2.45, 2.75) is 19.4 Å². The van der Waals surface area contributed by atoms with Gasteiger partial charge in [-0.05, 0) is 18.4 Å². The number of carboxylic acids is 1. The highest BCUT2D eigenvalue weighted by molar-refractivity contribution is 7.87. The van der Waals surface area contributed by atoms with E-state index in [-0.39, 0.29) is 19.0 Å². The van der Waals surface area contributed by atoms with E-state index < -0.39 is 16.2 Å². The zero-order valence-corrected chi connectivity index (χ0v) is 11.8. The molecular weight excluding hydrogens is 276 g/mol. The lowest BCUT2D eigenvalue weighted by molar-refractivity contribution is -0.137. The number of nitrogens with zero attached hydrogens (tertiary/aromatic N) is 1. The van der Waals surface area contributed by atoms with Crippen LogP contribution in [-0.2, 0) is 15.0 Å². The first-order valence-corrected chi connectivity index (χ1v) is 7.63. The number of carboxylic acid groups (broad SMARTS) is 1. The van der Waals surface area contributed by atoms with Gasteiger partial charge in [0.05, 0.1) is 12.5 Å². The quantitative estimate of drug-likeness (QED) is 0.786. The van der Waals surface area contributed by atoms with Crippen LogP contribution in [0.4, 0.5) is 0 Å². The fourth-order valence-electron chi connectivity index (χ4n) is 1.28. The Morgan fingerprint density at radius 3 is 2.78 bits per heavy atom. The molecule has 1 aromatic rings. The molecule has 102 valence electrons. The number of hydrogen-bond donors (Lipinski definition) is 2. The second-order valence-corrected chi connectivity index (χ2v) is 6.61. The third-order valence-electron chi connectivity index (χ3n) is 2.35. The average molecular weight is 292 g/mol. The molecule has 0 radical (unpaired) electrons. The second-order valence-electron chi connectivity index (χ2n) is 3.83. The second kappa shape index (κ2) is 6.28. The Morgan fingerprint density at radius 1 is 1.61 bits per heavy atom. The van der Waals surface area contributed by atoms with E-state index in [1.807, 2.05) is 17.5 Å². The summed E-state index contributed by atoms with van der Waals surface area (Å²) in [5.74, 6) is -1.02. The molecule has 0 saturated heterocycles. The first-order valence-electron chi connectivity index (χ1n) is 5.31. The zero-order valence-electron chi connectivity index (χ0n) is 10.2. The Hall–Kier alpha value is -0.960. The molecule has 0 aliphatic heterocycles. The van der Waals surface area contributed by atoms with Crippen molar-refractivity contribution >= 4 is 27.5 Å². The van der Waals surface area contributed by atoms with Gasteiger partial charge in [-0.1, -0.05) is 6.07 Å². The van der Waals surface area contributed by atoms with Crippen molar-refractivity contribution in [2.24, 2.45) is 0 Å². The van der Waals surface area contributed by atoms with E-state index in [0.29, 0.717) is 0 Å². The molecular formula is C10H16N2O4S2. The van der Waals surface area contributed by atoms with E-state index in [9.17, 15) is 13.2 Å². The molecule has 6 nitrogen and oxygen atoms in total. The van der Waals surface area contributed by atoms with Crippen LogP contribution in [0.5, 0.6) is 0 Å². The number of rotatable bonds is 7. The lowest BCUT2D eigenvalue weighted by Gasteiger charge is -2.19. The normalized spacial score (nSPS) is 13.7. The molecule has 1 heterocycles. The fourth-order valence-corrected chi connectivity index (χ4v) is 3.18. The van der Waals surface area contributed by atoms with Gasteiger partial charge in [-0.3, -0.25) is 4.79 Å². The van der Waals surface area contributed by atoms with Crippen LogP contribution in [0.15, 0.2) is 17.5 Å². The van der Waals surface area contributed by atoms with Gasteiger partial charge < -0.3 is 5.11 Å². The van der Waals surface area contributed by atoms with Crippen molar-refractivity contribution in [1.29, 1.82) is 0 Å². The van der Waals surface area contributed by atoms with Gasteiger partial charge in [0, 0.05) is 18.5 Å². The molecule has 18 heavy (non-hydrogen) atoms. The van der Waals surface area contributed by atoms with Crippen LogP contribution in [0.3, 0.4) is 0 Å². The highest BCUT2D eigenvalue weighted by Crippen LogP contribution is 2.19. The van der Waals surface area contributed by atoms with Crippen LogP contribution in [-0.4, -0.2) is 37.4 Å². The van der Waals surface area contributed by atoms with E-state index in [1.165, 1.54) is 18.4 Å². The molecule has 1 rings (SSSR count). The van der Waals surface area contributed by atoms with E-state index in [1.54, 1.807) is 6.92 Å². The Kier molecular flexibility index (Phi) is 5.27. The van der Waals surface area contributed by atoms with Gasteiger partial charge in [-0.2, -0.15) is 17.4 Å². The zero-order chi connectivity index (χ0) is 13.8. The summed E-state index contributed by atoms with van der Waals surface area (Å²) in [6.45, 7) is 1.69. The molecule has 2 N–H and O–H groups in total. The van der Waals surface area contributed by atoms with Crippen LogP contribution in [0.1, 0.15) is 24.3 Å². The van der Waals surface area contributed by atoms with Gasteiger partial charge in [0.25, 0.3) is 10.2 Å². The smallest absolute Gasteiger partial charge is 0.304 e. The molecule has 0 saturated carbocycles. The molecule has 0 aliphatic carbocycles. The molecule has 0 bridgehead atoms. The summed E-state index contributed by atoms with van der Waals surface area (Å²) in [6, 6.07) is 3.36. The number of carbonyl (C=O) groups is 1. The first kappa shape index (κ1) is 15.1. The number of hydrogen-bond acceptors (Lipinski definition) is 4. The number of aliphatic carboxylic acids is 1. The van der Waals surface area contributed by atoms with Gasteiger partial charge >= 0.3 is 5.97 Å². The van der Waals surface area contributed by atoms with Gasteiger partial charge in [0.2, 0.25) is 0 Å². The molecule has 0 amide bonds. The maximum Gasteiger partial charge on any atom is 0.304 e. The van der Waals surface area contributed by atoms with Crippen LogP contribution < -0.4 is 4.72 Å². The summed E-state index contributed by atoms with van der Waals surface area (Å²) < 4.78 is 27.3. The topological polar surface area (TPSA) is 86.7 Å². The lowest BCUT2D eigenvalue weighted by atomic mass is 10.3. The maximum absolute atomic E-state index is 11.9. The maximum atomic E-state index is 11.9. The van der Waals surface area contributed by atoms with Crippen molar-refractivity contribution < 1.29 is 18.3 Å². The largest absolute Gasteiger partial charge is 0.481 e. The SMILES string of the molecule is C[C@H](NS(=O)(=O)N(C)CCC(=O)O)c1cccs1. The molecule has 1 atom stereocenters. The Balaban J connectivity index is 2.61. The van der Waals surface area contributed by atoms with Gasteiger partial charge in [0.1, 0.15) is 0 Å². The Labute approximate surface area is 110 Å². The van der Waals surface area contributed by atoms with Crippen LogP contribution in [0.2, 0.25) is 0 Å². The standard InChI is InChI=1S/C10H16N2O4S2/c1-8(9-4-3-7-17-9)11-18(15,16)12(2)6-5-10(13)14/h3-4,7-8,11H,5-6H2,1-2H3,(H,13,14)/t8-/m0/s1. The molecule has 0 fully saturated rings. The fraction of sp³-hybridized carbons (Fsp3) is 0.500. The number of thiophene rings is 1. The average Bonchev–Trinajstić information content (AvgIpc) is 2.78. The molecule has 1 aromatic heterocycles. The summed E-state index contributed by atoms with van der Waals surface area (Å²) in [5.41, 5.74) is 0. The minimum Gasteiger partial charge on any atom is -0.481 e. The van der Waals surface area contributed by atoms with E-state index in [4.69, 9.17) is 5.11 Å². The molecule has 0 unspecified atom stereocenters. The third-order valence-corrected chi connectivity index (χ3v) is 5.06. The van der Waals surface area contributed by atoms with Gasteiger partial charge in [0.15, 0.2) is 0 Å². The predicted molar refractivity (Wildman–Crippen MR) is 69.7 cm³/mol. The molecule has 0 aliphatic rings. The van der Waals surface area contributed by atoms with E-state index in [2.05, 4.69) is 4.72 Å². The summed E-state index contributed by atoms with van der Waals surface area (Å²) in [5, 5.41) is 10.4. The van der Waals surface area contributed by atoms with Crippen molar-refractivity contribution in [3.8, 4) is 0 Å². The van der Waals surface area contributed by atoms with E-state index in [0.717, 1.165) is 9.18 Å². The van der Waals surface area contributed by atoms with Crippen molar-refractivity contribution in [2.75, 3.05) is 13.6 Å². The predicted octanol–water partition coefficient (Wildman–Crippen LogP) is 1.05. The minimum atomic E-state index is -3.65. The van der Waals surface area contributed by atoms with Gasteiger partial charge in [-0.15, -0.1) is 11.3 Å². The van der Waals surface area contributed by atoms with E-state index >= 15 is 0 Å². The van der Waals surface area contributed by atoms with Crippen LogP contribution in [0, 0.1) is 0 Å². The molecule has 0 aromatic carbocycles. The van der Waals surface area contributed by atoms with Crippen molar-refractivity contribution in [3.63, 3.8) is 0 Å². The minimum absolute atomic E-state index is 0.0537. The molecule has 8 heteroatoms. The number of nitrogens with one attached hydrogen (secondary N) is 1. The lowest BCUT2D eigenvalue weighted by Crippen LogP contribution is -2.40. The van der Waals surface area contributed by atoms with Gasteiger partial charge in [-0.25, -0.2) is 0 Å². The Morgan fingerprint density at radius 2 is 2.28 bits per heavy atom. The highest BCUT2D eigenvalue weighted by Gasteiger charge is 2.21. The summed E-state index contributed by atoms with van der Waals surface area (Å²) in [6.07, 6.45) is -0.217. The summed E-state index contributed by atoms with van der Waals surface area (Å²) in [7, 11) is -2.30. The molecule has 0 spiro atoms. The first-order chi connectivity index (χ1) is 8.33. The van der Waals surface area contributed by atoms with Crippen LogP contribution in [0.25, 0.3) is 0 Å². The Bertz CT molecular complexity index is 484.